The molecule has 0 aliphatic carbocycles. The summed E-state index contributed by atoms with van der Waals surface area (Å²) in [6.07, 6.45) is 55.3. The van der Waals surface area contributed by atoms with Crippen LogP contribution in [0, 0.1) is 0 Å². The molecule has 0 rings (SSSR count). The second-order valence-corrected chi connectivity index (χ2v) is 16.8. The van der Waals surface area contributed by atoms with Crippen molar-refractivity contribution in [3.05, 3.63) is 36.5 Å². The predicted molar refractivity (Wildman–Crippen MR) is 246 cm³/mol. The second-order valence-electron chi connectivity index (χ2n) is 16.8. The summed E-state index contributed by atoms with van der Waals surface area (Å²) in [6.45, 7) is 4.81. The van der Waals surface area contributed by atoms with Crippen molar-refractivity contribution in [3.63, 3.8) is 0 Å². The summed E-state index contributed by atoms with van der Waals surface area (Å²) in [4.78, 5) is 24.4. The summed E-state index contributed by atoms with van der Waals surface area (Å²) in [5, 5.41) is 23.2. The van der Waals surface area contributed by atoms with Crippen molar-refractivity contribution in [2.24, 2.45) is 0 Å². The fourth-order valence-corrected chi connectivity index (χ4v) is 7.30. The minimum atomic E-state index is -0.687. The molecular weight excluding hydrogens is 707 g/mol. The molecule has 0 saturated heterocycles. The van der Waals surface area contributed by atoms with E-state index in [-0.39, 0.29) is 18.5 Å². The highest BCUT2D eigenvalue weighted by Crippen LogP contribution is 2.16. The average molecular weight is 802 g/mol. The lowest BCUT2D eigenvalue weighted by Gasteiger charge is -2.22. The normalized spacial score (nSPS) is 13.0. The van der Waals surface area contributed by atoms with Crippen molar-refractivity contribution in [3.8, 4) is 0 Å². The second kappa shape index (κ2) is 46.8. The lowest BCUT2D eigenvalue weighted by molar-refractivity contribution is -0.143. The van der Waals surface area contributed by atoms with Gasteiger partial charge in [0.2, 0.25) is 5.91 Å². The van der Waals surface area contributed by atoms with Crippen molar-refractivity contribution in [2.75, 3.05) is 13.2 Å². The first kappa shape index (κ1) is 55.1. The van der Waals surface area contributed by atoms with Crippen LogP contribution >= 0.6 is 0 Å². The highest BCUT2D eigenvalue weighted by Gasteiger charge is 2.20. The summed E-state index contributed by atoms with van der Waals surface area (Å²) >= 11 is 0. The van der Waals surface area contributed by atoms with E-state index < -0.39 is 12.1 Å². The van der Waals surface area contributed by atoms with Gasteiger partial charge in [0.1, 0.15) is 0 Å². The molecule has 334 valence electrons. The number of hydrogen-bond donors (Lipinski definition) is 3. The molecule has 0 aromatic carbocycles. The molecular formula is C51H95NO5. The summed E-state index contributed by atoms with van der Waals surface area (Å²) in [6, 6.07) is -0.568. The number of ether oxygens (including phenoxy) is 1. The minimum absolute atomic E-state index is 0.0514. The Bertz CT molecular complexity index is 931. The number of aliphatic hydroxyl groups excluding tert-OH is 2. The van der Waals surface area contributed by atoms with E-state index in [1.807, 2.05) is 0 Å². The van der Waals surface area contributed by atoms with Crippen LogP contribution < -0.4 is 5.32 Å². The van der Waals surface area contributed by atoms with Gasteiger partial charge in [-0.3, -0.25) is 9.59 Å². The van der Waals surface area contributed by atoms with Gasteiger partial charge in [-0.1, -0.05) is 198 Å². The molecule has 6 nitrogen and oxygen atoms in total. The van der Waals surface area contributed by atoms with E-state index >= 15 is 0 Å². The van der Waals surface area contributed by atoms with Crippen molar-refractivity contribution in [1.29, 1.82) is 0 Å². The number of amides is 1. The third-order valence-corrected chi connectivity index (χ3v) is 11.2. The Labute approximate surface area is 353 Å². The molecule has 3 N–H and O–H groups in total. The lowest BCUT2D eigenvalue weighted by atomic mass is 10.0. The number of nitrogens with one attached hydrogen (secondary N) is 1. The number of allylic oxidation sites excluding steroid dienone is 6. The summed E-state index contributed by atoms with van der Waals surface area (Å²) in [5.41, 5.74) is 0. The highest BCUT2D eigenvalue weighted by atomic mass is 16.5. The molecule has 0 spiro atoms. The van der Waals surface area contributed by atoms with E-state index in [4.69, 9.17) is 4.74 Å². The molecule has 0 saturated carbocycles. The Balaban J connectivity index is 3.55. The van der Waals surface area contributed by atoms with E-state index in [2.05, 4.69) is 55.6 Å². The van der Waals surface area contributed by atoms with Gasteiger partial charge in [-0.05, 0) is 77.0 Å². The zero-order valence-electron chi connectivity index (χ0n) is 37.8. The van der Waals surface area contributed by atoms with Gasteiger partial charge in [0.05, 0.1) is 25.4 Å². The third-order valence-electron chi connectivity index (χ3n) is 11.2. The largest absolute Gasteiger partial charge is 0.466 e. The van der Waals surface area contributed by atoms with Crippen LogP contribution in [0.2, 0.25) is 0 Å². The fourth-order valence-electron chi connectivity index (χ4n) is 7.30. The molecule has 0 aliphatic heterocycles. The number of unbranched alkanes of at least 4 members (excludes halogenated alkanes) is 28. The monoisotopic (exact) mass is 802 g/mol. The molecule has 1 amide bonds. The number of rotatable bonds is 45. The molecule has 0 aromatic heterocycles. The Hall–Kier alpha value is -1.92. The zero-order chi connectivity index (χ0) is 41.5. The van der Waals surface area contributed by atoms with Crippen molar-refractivity contribution >= 4 is 11.9 Å². The Morgan fingerprint density at radius 1 is 0.491 bits per heavy atom. The van der Waals surface area contributed by atoms with E-state index in [0.717, 1.165) is 89.9 Å². The first-order valence-electron chi connectivity index (χ1n) is 24.7. The zero-order valence-corrected chi connectivity index (χ0v) is 37.8. The van der Waals surface area contributed by atoms with Crippen LogP contribution in [0.3, 0.4) is 0 Å². The van der Waals surface area contributed by atoms with Gasteiger partial charge in [-0.25, -0.2) is 0 Å². The Kier molecular flexibility index (Phi) is 45.2. The lowest BCUT2D eigenvalue weighted by Crippen LogP contribution is -2.45. The summed E-state index contributed by atoms with van der Waals surface area (Å²) in [7, 11) is 0. The van der Waals surface area contributed by atoms with Crippen LogP contribution in [-0.2, 0) is 14.3 Å². The smallest absolute Gasteiger partial charge is 0.305 e. The SMILES string of the molecule is CCCC/C=C\C/C=C\CCCCCCCC(=O)OCCCC/C=C\CCCCCCC(=O)NC(CO)C(O)CCCCCCCCCCCCCCCCCC. The highest BCUT2D eigenvalue weighted by molar-refractivity contribution is 5.76. The van der Waals surface area contributed by atoms with Crippen LogP contribution in [0.5, 0.6) is 0 Å². The van der Waals surface area contributed by atoms with Gasteiger partial charge in [0.25, 0.3) is 0 Å². The van der Waals surface area contributed by atoms with Crippen LogP contribution in [-0.4, -0.2) is 47.4 Å². The topological polar surface area (TPSA) is 95.9 Å². The first-order valence-corrected chi connectivity index (χ1v) is 24.7. The third kappa shape index (κ3) is 43.5. The van der Waals surface area contributed by atoms with Gasteiger partial charge >= 0.3 is 5.97 Å². The maximum Gasteiger partial charge on any atom is 0.305 e. The van der Waals surface area contributed by atoms with Crippen molar-refractivity contribution in [2.45, 2.75) is 264 Å². The van der Waals surface area contributed by atoms with Crippen molar-refractivity contribution in [1.82, 2.24) is 5.32 Å². The molecule has 2 unspecified atom stereocenters. The number of carbonyl (C=O) groups excluding carboxylic acids is 2. The molecule has 6 heteroatoms. The maximum absolute atomic E-state index is 12.4. The van der Waals surface area contributed by atoms with E-state index in [1.54, 1.807) is 0 Å². The van der Waals surface area contributed by atoms with Crippen LogP contribution in [0.4, 0.5) is 0 Å². The van der Waals surface area contributed by atoms with Gasteiger partial charge in [0.15, 0.2) is 0 Å². The molecule has 0 aliphatic rings. The Morgan fingerprint density at radius 3 is 1.40 bits per heavy atom. The van der Waals surface area contributed by atoms with Crippen LogP contribution in [0.15, 0.2) is 36.5 Å². The predicted octanol–water partition coefficient (Wildman–Crippen LogP) is 14.5. The first-order chi connectivity index (χ1) is 28.0. The number of hydrogen-bond acceptors (Lipinski definition) is 5. The average Bonchev–Trinajstić information content (AvgIpc) is 3.21. The number of esters is 1. The minimum Gasteiger partial charge on any atom is -0.466 e. The van der Waals surface area contributed by atoms with E-state index in [1.165, 1.54) is 128 Å². The number of aliphatic hydroxyl groups is 2. The standard InChI is InChI=1S/C51H95NO5/c1-3-5-7-9-11-13-15-17-19-20-21-23-27-31-35-39-43-49(54)48(47-53)52-50(55)44-40-36-32-28-25-26-30-34-38-42-46-57-51(56)45-41-37-33-29-24-22-18-16-14-12-10-8-6-4-2/h10,12,16,18,26,30,48-49,53-54H,3-9,11,13-15,17,19-25,27-29,31-47H2,1-2H3,(H,52,55)/b12-10-,18-16-,30-26-. The molecule has 57 heavy (non-hydrogen) atoms. The fraction of sp³-hybridized carbons (Fsp3) is 0.843. The summed E-state index contributed by atoms with van der Waals surface area (Å²) < 4.78 is 5.42. The molecule has 0 heterocycles. The van der Waals surface area contributed by atoms with Crippen LogP contribution in [0.1, 0.15) is 251 Å². The molecule has 0 fully saturated rings. The van der Waals surface area contributed by atoms with Gasteiger partial charge in [-0.15, -0.1) is 0 Å². The van der Waals surface area contributed by atoms with E-state index in [0.29, 0.717) is 25.9 Å². The number of carbonyl (C=O) groups is 2. The molecule has 2 atom stereocenters. The van der Waals surface area contributed by atoms with Crippen molar-refractivity contribution < 1.29 is 24.5 Å². The van der Waals surface area contributed by atoms with Gasteiger partial charge in [0, 0.05) is 12.8 Å². The molecule has 0 aromatic rings. The van der Waals surface area contributed by atoms with E-state index in [9.17, 15) is 19.8 Å². The van der Waals surface area contributed by atoms with Gasteiger partial charge in [-0.2, -0.15) is 0 Å². The molecule has 0 bridgehead atoms. The quantitative estimate of drug-likeness (QED) is 0.0324. The van der Waals surface area contributed by atoms with Crippen LogP contribution in [0.25, 0.3) is 0 Å². The molecule has 0 radical (unpaired) electrons. The van der Waals surface area contributed by atoms with Gasteiger partial charge < -0.3 is 20.3 Å². The summed E-state index contributed by atoms with van der Waals surface area (Å²) in [5.74, 6) is -0.124. The maximum atomic E-state index is 12.4. The Morgan fingerprint density at radius 2 is 0.895 bits per heavy atom.